The number of carbonyl (C=O) groups is 1. The van der Waals surface area contributed by atoms with Gasteiger partial charge in [0.15, 0.2) is 11.5 Å². The van der Waals surface area contributed by atoms with E-state index in [1.165, 1.54) is 13.2 Å². The Kier molecular flexibility index (Phi) is 6.42. The van der Waals surface area contributed by atoms with E-state index in [4.69, 9.17) is 9.47 Å². The van der Waals surface area contributed by atoms with E-state index in [1.807, 2.05) is 37.3 Å². The third-order valence-corrected chi connectivity index (χ3v) is 4.33. The SMILES string of the molecule is COc1cc(/C=C(/C#N)C(=O)Nc2ccccc2C)cc(I)c1OC. The van der Waals surface area contributed by atoms with E-state index in [1.54, 1.807) is 19.2 Å². The Bertz CT molecular complexity index is 869. The second kappa shape index (κ2) is 8.53. The van der Waals surface area contributed by atoms with Crippen LogP contribution in [0, 0.1) is 21.8 Å². The number of halogens is 1. The van der Waals surface area contributed by atoms with Crippen molar-refractivity contribution in [2.24, 2.45) is 0 Å². The van der Waals surface area contributed by atoms with Crippen molar-refractivity contribution in [3.63, 3.8) is 0 Å². The second-order valence-corrected chi connectivity index (χ2v) is 6.34. The van der Waals surface area contributed by atoms with Crippen LogP contribution in [0.4, 0.5) is 5.69 Å². The molecule has 2 rings (SSSR count). The number of anilines is 1. The number of benzene rings is 2. The Labute approximate surface area is 160 Å². The molecule has 25 heavy (non-hydrogen) atoms. The normalized spacial score (nSPS) is 10.8. The smallest absolute Gasteiger partial charge is 0.266 e. The molecule has 6 heteroatoms. The molecule has 128 valence electrons. The van der Waals surface area contributed by atoms with E-state index in [-0.39, 0.29) is 5.57 Å². The average molecular weight is 448 g/mol. The van der Waals surface area contributed by atoms with Crippen LogP contribution in [0.5, 0.6) is 11.5 Å². The molecule has 0 aromatic heterocycles. The Morgan fingerprint density at radius 3 is 2.56 bits per heavy atom. The van der Waals surface area contributed by atoms with E-state index in [0.29, 0.717) is 22.7 Å². The first kappa shape index (κ1) is 18.8. The lowest BCUT2D eigenvalue weighted by molar-refractivity contribution is -0.112. The molecule has 0 unspecified atom stereocenters. The van der Waals surface area contributed by atoms with Gasteiger partial charge in [0.05, 0.1) is 17.8 Å². The summed E-state index contributed by atoms with van der Waals surface area (Å²) >= 11 is 2.12. The molecular weight excluding hydrogens is 431 g/mol. The van der Waals surface area contributed by atoms with Crippen molar-refractivity contribution in [2.45, 2.75) is 6.92 Å². The summed E-state index contributed by atoms with van der Waals surface area (Å²) in [4.78, 5) is 12.4. The van der Waals surface area contributed by atoms with Crippen molar-refractivity contribution in [2.75, 3.05) is 19.5 Å². The molecular formula is C19H17IN2O3. The van der Waals surface area contributed by atoms with Crippen LogP contribution < -0.4 is 14.8 Å². The van der Waals surface area contributed by atoms with Gasteiger partial charge in [0.2, 0.25) is 0 Å². The summed E-state index contributed by atoms with van der Waals surface area (Å²) in [6.07, 6.45) is 1.53. The zero-order valence-corrected chi connectivity index (χ0v) is 16.2. The Morgan fingerprint density at radius 2 is 1.96 bits per heavy atom. The fourth-order valence-corrected chi connectivity index (χ4v) is 3.08. The zero-order chi connectivity index (χ0) is 18.4. The quantitative estimate of drug-likeness (QED) is 0.424. The molecule has 2 aromatic rings. The Balaban J connectivity index is 2.34. The minimum absolute atomic E-state index is 0.00581. The van der Waals surface area contributed by atoms with Crippen molar-refractivity contribution < 1.29 is 14.3 Å². The van der Waals surface area contributed by atoms with E-state index in [9.17, 15) is 10.1 Å². The van der Waals surface area contributed by atoms with E-state index < -0.39 is 5.91 Å². The Morgan fingerprint density at radius 1 is 1.24 bits per heavy atom. The highest BCUT2D eigenvalue weighted by molar-refractivity contribution is 14.1. The van der Waals surface area contributed by atoms with Crippen LogP contribution in [-0.2, 0) is 4.79 Å². The first-order valence-electron chi connectivity index (χ1n) is 7.40. The Hall–Kier alpha value is -2.53. The summed E-state index contributed by atoms with van der Waals surface area (Å²) in [5.74, 6) is 0.696. The van der Waals surface area contributed by atoms with E-state index in [0.717, 1.165) is 9.13 Å². The number of methoxy groups -OCH3 is 2. The van der Waals surface area contributed by atoms with Crippen molar-refractivity contribution in [1.82, 2.24) is 0 Å². The summed E-state index contributed by atoms with van der Waals surface area (Å²) in [7, 11) is 3.10. The van der Waals surface area contributed by atoms with Crippen LogP contribution in [0.3, 0.4) is 0 Å². The van der Waals surface area contributed by atoms with Gasteiger partial charge < -0.3 is 14.8 Å². The number of hydrogen-bond donors (Lipinski definition) is 1. The lowest BCUT2D eigenvalue weighted by atomic mass is 10.1. The van der Waals surface area contributed by atoms with Crippen molar-refractivity contribution in [3.05, 3.63) is 56.7 Å². The molecule has 0 radical (unpaired) electrons. The molecule has 0 spiro atoms. The first-order chi connectivity index (χ1) is 12.0. The summed E-state index contributed by atoms with van der Waals surface area (Å²) in [6, 6.07) is 12.9. The van der Waals surface area contributed by atoms with E-state index in [2.05, 4.69) is 27.9 Å². The number of carbonyl (C=O) groups excluding carboxylic acids is 1. The molecule has 0 bridgehead atoms. The predicted octanol–water partition coefficient (Wildman–Crippen LogP) is 4.16. The van der Waals surface area contributed by atoms with Crippen molar-refractivity contribution >= 4 is 40.3 Å². The molecule has 0 heterocycles. The zero-order valence-electron chi connectivity index (χ0n) is 14.1. The molecule has 0 atom stereocenters. The second-order valence-electron chi connectivity index (χ2n) is 5.18. The summed E-state index contributed by atoms with van der Waals surface area (Å²) in [6.45, 7) is 1.89. The minimum Gasteiger partial charge on any atom is -0.493 e. The molecule has 0 saturated carbocycles. The van der Waals surface area contributed by atoms with Crippen LogP contribution in [-0.4, -0.2) is 20.1 Å². The standard InChI is InChI=1S/C19H17IN2O3/c1-12-6-4-5-7-16(12)22-19(23)14(11-21)8-13-9-15(20)18(25-3)17(10-13)24-2/h4-10H,1-3H3,(H,22,23)/b14-8-. The summed E-state index contributed by atoms with van der Waals surface area (Å²) < 4.78 is 11.4. The number of nitrogens with one attached hydrogen (secondary N) is 1. The molecule has 1 N–H and O–H groups in total. The molecule has 2 aromatic carbocycles. The largest absolute Gasteiger partial charge is 0.493 e. The maximum absolute atomic E-state index is 12.4. The first-order valence-corrected chi connectivity index (χ1v) is 8.48. The number of nitriles is 1. The van der Waals surface area contributed by atoms with Gasteiger partial charge >= 0.3 is 0 Å². The lowest BCUT2D eigenvalue weighted by Crippen LogP contribution is -2.14. The lowest BCUT2D eigenvalue weighted by Gasteiger charge is -2.11. The number of hydrogen-bond acceptors (Lipinski definition) is 4. The number of ether oxygens (including phenoxy) is 2. The molecule has 0 saturated heterocycles. The van der Waals surface area contributed by atoms with E-state index >= 15 is 0 Å². The highest BCUT2D eigenvalue weighted by Crippen LogP contribution is 2.34. The third-order valence-electron chi connectivity index (χ3n) is 3.53. The predicted molar refractivity (Wildman–Crippen MR) is 106 cm³/mol. The van der Waals surface area contributed by atoms with Crippen LogP contribution in [0.1, 0.15) is 11.1 Å². The van der Waals surface area contributed by atoms with Gasteiger partial charge in [-0.05, 0) is 64.9 Å². The fraction of sp³-hybridized carbons (Fsp3) is 0.158. The number of para-hydroxylation sites is 1. The average Bonchev–Trinajstić information content (AvgIpc) is 2.60. The van der Waals surface area contributed by atoms with Crippen LogP contribution >= 0.6 is 22.6 Å². The van der Waals surface area contributed by atoms with Crippen molar-refractivity contribution in [1.29, 1.82) is 5.26 Å². The van der Waals surface area contributed by atoms with Gasteiger partial charge in [0.25, 0.3) is 5.91 Å². The van der Waals surface area contributed by atoms with Gasteiger partial charge in [-0.15, -0.1) is 0 Å². The molecule has 1 amide bonds. The number of amides is 1. The van der Waals surface area contributed by atoms with Gasteiger partial charge in [-0.1, -0.05) is 18.2 Å². The van der Waals surface area contributed by atoms with Crippen LogP contribution in [0.15, 0.2) is 42.0 Å². The van der Waals surface area contributed by atoms with Gasteiger partial charge in [-0.3, -0.25) is 4.79 Å². The maximum Gasteiger partial charge on any atom is 0.266 e. The maximum atomic E-state index is 12.4. The third kappa shape index (κ3) is 4.51. The number of rotatable bonds is 5. The molecule has 0 fully saturated rings. The van der Waals surface area contributed by atoms with Crippen LogP contribution in [0.2, 0.25) is 0 Å². The highest BCUT2D eigenvalue weighted by atomic mass is 127. The summed E-state index contributed by atoms with van der Waals surface area (Å²) in [5, 5.41) is 12.1. The van der Waals surface area contributed by atoms with Crippen molar-refractivity contribution in [3.8, 4) is 17.6 Å². The molecule has 0 aliphatic carbocycles. The number of aryl methyl sites for hydroxylation is 1. The number of nitrogens with zero attached hydrogens (tertiary/aromatic N) is 1. The monoisotopic (exact) mass is 448 g/mol. The summed E-state index contributed by atoms with van der Waals surface area (Å²) in [5.41, 5.74) is 2.29. The minimum atomic E-state index is -0.457. The topological polar surface area (TPSA) is 71.3 Å². The highest BCUT2D eigenvalue weighted by Gasteiger charge is 2.13. The molecule has 5 nitrogen and oxygen atoms in total. The van der Waals surface area contributed by atoms with Gasteiger partial charge in [-0.25, -0.2) is 0 Å². The van der Waals surface area contributed by atoms with Gasteiger partial charge in [0.1, 0.15) is 11.6 Å². The van der Waals surface area contributed by atoms with Gasteiger partial charge in [0, 0.05) is 5.69 Å². The molecule has 0 aliphatic heterocycles. The molecule has 0 aliphatic rings. The van der Waals surface area contributed by atoms with Gasteiger partial charge in [-0.2, -0.15) is 5.26 Å². The fourth-order valence-electron chi connectivity index (χ4n) is 2.24. The van der Waals surface area contributed by atoms with Crippen LogP contribution in [0.25, 0.3) is 6.08 Å².